The van der Waals surface area contributed by atoms with Crippen molar-refractivity contribution >= 4 is 12.2 Å². The van der Waals surface area contributed by atoms with Gasteiger partial charge in [0.05, 0.1) is 5.56 Å². The Morgan fingerprint density at radius 3 is 2.47 bits per heavy atom. The average molecular weight is 261 g/mol. The van der Waals surface area contributed by atoms with Gasteiger partial charge in [-0.1, -0.05) is 18.2 Å². The highest BCUT2D eigenvalue weighted by Gasteiger charge is 2.14. The number of benzene rings is 2. The first kappa shape index (κ1) is 12.9. The van der Waals surface area contributed by atoms with E-state index in [-0.39, 0.29) is 23.0 Å². The topological polar surface area (TPSA) is 60.2 Å². The zero-order chi connectivity index (χ0) is 14.0. The lowest BCUT2D eigenvalue weighted by molar-refractivity contribution is 0.1000. The number of rotatable bonds is 3. The van der Waals surface area contributed by atoms with Crippen LogP contribution in [0.1, 0.15) is 20.7 Å². The number of amides is 1. The molecule has 0 saturated heterocycles. The maximum absolute atomic E-state index is 13.8. The van der Waals surface area contributed by atoms with Gasteiger partial charge in [0.2, 0.25) is 5.91 Å². The minimum atomic E-state index is -1.21. The molecule has 0 aliphatic carbocycles. The zero-order valence-electron chi connectivity index (χ0n) is 9.69. The Morgan fingerprint density at radius 2 is 1.84 bits per heavy atom. The molecule has 2 rings (SSSR count). The minimum Gasteiger partial charge on any atom is -0.366 e. The van der Waals surface area contributed by atoms with Gasteiger partial charge in [0, 0.05) is 11.1 Å². The van der Waals surface area contributed by atoms with E-state index in [1.54, 1.807) is 0 Å². The first-order valence-corrected chi connectivity index (χ1v) is 5.38. The largest absolute Gasteiger partial charge is 0.366 e. The van der Waals surface area contributed by atoms with E-state index in [0.29, 0.717) is 5.56 Å². The normalized spacial score (nSPS) is 10.2. The molecular formula is C14H9F2NO2. The van der Waals surface area contributed by atoms with Gasteiger partial charge in [-0.25, -0.2) is 8.78 Å². The van der Waals surface area contributed by atoms with Gasteiger partial charge in [-0.2, -0.15) is 0 Å². The summed E-state index contributed by atoms with van der Waals surface area (Å²) in [6.45, 7) is 0. The molecular weight excluding hydrogens is 252 g/mol. The molecule has 0 spiro atoms. The monoisotopic (exact) mass is 261 g/mol. The van der Waals surface area contributed by atoms with Crippen molar-refractivity contribution in [3.8, 4) is 11.1 Å². The number of hydrogen-bond donors (Lipinski definition) is 1. The van der Waals surface area contributed by atoms with Crippen LogP contribution in [0.4, 0.5) is 8.78 Å². The molecule has 1 amide bonds. The van der Waals surface area contributed by atoms with Crippen LogP contribution in [0, 0.1) is 11.6 Å². The third-order valence-electron chi connectivity index (χ3n) is 2.70. The molecule has 0 unspecified atom stereocenters. The van der Waals surface area contributed by atoms with E-state index in [0.717, 1.165) is 0 Å². The maximum atomic E-state index is 13.8. The Kier molecular flexibility index (Phi) is 3.37. The van der Waals surface area contributed by atoms with E-state index in [1.807, 2.05) is 0 Å². The molecule has 0 saturated carbocycles. The van der Waals surface area contributed by atoms with Crippen LogP contribution < -0.4 is 5.73 Å². The van der Waals surface area contributed by atoms with Gasteiger partial charge in [0.25, 0.3) is 0 Å². The molecule has 0 aliphatic rings. The molecule has 0 aliphatic heterocycles. The Bertz CT molecular complexity index is 668. The molecule has 2 aromatic rings. The van der Waals surface area contributed by atoms with Crippen LogP contribution in [-0.4, -0.2) is 12.2 Å². The van der Waals surface area contributed by atoms with Crippen LogP contribution in [0.5, 0.6) is 0 Å². The number of carbonyl (C=O) groups excluding carboxylic acids is 2. The lowest BCUT2D eigenvalue weighted by atomic mass is 10.0. The molecule has 3 nitrogen and oxygen atoms in total. The maximum Gasteiger partial charge on any atom is 0.248 e. The highest BCUT2D eigenvalue weighted by Crippen LogP contribution is 2.26. The van der Waals surface area contributed by atoms with E-state index < -0.39 is 17.5 Å². The van der Waals surface area contributed by atoms with Gasteiger partial charge in [0.15, 0.2) is 17.9 Å². The molecule has 2 N–H and O–H groups in total. The van der Waals surface area contributed by atoms with Crippen molar-refractivity contribution in [1.82, 2.24) is 0 Å². The van der Waals surface area contributed by atoms with Crippen LogP contribution >= 0.6 is 0 Å². The summed E-state index contributed by atoms with van der Waals surface area (Å²) in [5.41, 5.74) is 5.23. The zero-order valence-corrected chi connectivity index (χ0v) is 9.69. The fourth-order valence-corrected chi connectivity index (χ4v) is 1.72. The highest BCUT2D eigenvalue weighted by atomic mass is 19.2. The van der Waals surface area contributed by atoms with Crippen LogP contribution in [0.15, 0.2) is 36.4 Å². The van der Waals surface area contributed by atoms with Gasteiger partial charge in [0.1, 0.15) is 0 Å². The average Bonchev–Trinajstić information content (AvgIpc) is 2.42. The summed E-state index contributed by atoms with van der Waals surface area (Å²) in [6.07, 6.45) is 0.238. The van der Waals surface area contributed by atoms with Gasteiger partial charge < -0.3 is 5.73 Å². The molecule has 19 heavy (non-hydrogen) atoms. The van der Waals surface area contributed by atoms with Crippen molar-refractivity contribution in [1.29, 1.82) is 0 Å². The molecule has 2 aromatic carbocycles. The second-order valence-electron chi connectivity index (χ2n) is 3.89. The van der Waals surface area contributed by atoms with Gasteiger partial charge in [-0.05, 0) is 23.8 Å². The van der Waals surface area contributed by atoms with Gasteiger partial charge in [-0.3, -0.25) is 9.59 Å². The number of halogens is 2. The van der Waals surface area contributed by atoms with Gasteiger partial charge in [-0.15, -0.1) is 0 Å². The summed E-state index contributed by atoms with van der Waals surface area (Å²) >= 11 is 0. The summed E-state index contributed by atoms with van der Waals surface area (Å²) in [7, 11) is 0. The standard InChI is InChI=1S/C14H9F2NO2/c15-12-10(7-18)4-5-11(13(12)16)8-2-1-3-9(6-8)14(17)19/h1-7H,(H2,17,19). The summed E-state index contributed by atoms with van der Waals surface area (Å²) < 4.78 is 27.3. The fourth-order valence-electron chi connectivity index (χ4n) is 1.72. The summed E-state index contributed by atoms with van der Waals surface area (Å²) in [4.78, 5) is 21.5. The van der Waals surface area contributed by atoms with E-state index in [9.17, 15) is 18.4 Å². The van der Waals surface area contributed by atoms with E-state index in [2.05, 4.69) is 0 Å². The van der Waals surface area contributed by atoms with Crippen molar-refractivity contribution in [2.75, 3.05) is 0 Å². The number of carbonyl (C=O) groups is 2. The molecule has 5 heteroatoms. The first-order chi connectivity index (χ1) is 9.04. The number of aldehydes is 1. The first-order valence-electron chi connectivity index (χ1n) is 5.38. The van der Waals surface area contributed by atoms with Crippen LogP contribution in [0.25, 0.3) is 11.1 Å². The third-order valence-corrected chi connectivity index (χ3v) is 2.70. The fraction of sp³-hybridized carbons (Fsp3) is 0. The predicted molar refractivity (Wildman–Crippen MR) is 65.7 cm³/mol. The van der Waals surface area contributed by atoms with Crippen molar-refractivity contribution in [2.24, 2.45) is 5.73 Å². The Labute approximate surface area is 107 Å². The molecule has 0 atom stereocenters. The molecule has 96 valence electrons. The second-order valence-corrected chi connectivity index (χ2v) is 3.89. The van der Waals surface area contributed by atoms with E-state index in [1.165, 1.54) is 36.4 Å². The third kappa shape index (κ3) is 2.35. The lowest BCUT2D eigenvalue weighted by Gasteiger charge is -2.06. The summed E-state index contributed by atoms with van der Waals surface area (Å²) in [5, 5.41) is 0. The Morgan fingerprint density at radius 1 is 1.11 bits per heavy atom. The number of hydrogen-bond acceptors (Lipinski definition) is 2. The van der Waals surface area contributed by atoms with Crippen LogP contribution in [0.3, 0.4) is 0 Å². The second kappa shape index (κ2) is 4.97. The van der Waals surface area contributed by atoms with Crippen molar-refractivity contribution in [3.05, 3.63) is 59.2 Å². The molecule has 0 fully saturated rings. The Balaban J connectivity index is 2.59. The van der Waals surface area contributed by atoms with E-state index in [4.69, 9.17) is 5.73 Å². The molecule has 0 radical (unpaired) electrons. The molecule has 0 heterocycles. The minimum absolute atomic E-state index is 0.0359. The quantitative estimate of drug-likeness (QED) is 0.863. The SMILES string of the molecule is NC(=O)c1cccc(-c2ccc(C=O)c(F)c2F)c1. The summed E-state index contributed by atoms with van der Waals surface area (Å²) in [6, 6.07) is 8.33. The highest BCUT2D eigenvalue weighted by molar-refractivity contribution is 5.94. The molecule has 0 bridgehead atoms. The lowest BCUT2D eigenvalue weighted by Crippen LogP contribution is -2.10. The smallest absolute Gasteiger partial charge is 0.248 e. The predicted octanol–water partition coefficient (Wildman–Crippen LogP) is 2.54. The van der Waals surface area contributed by atoms with Crippen molar-refractivity contribution < 1.29 is 18.4 Å². The van der Waals surface area contributed by atoms with Crippen molar-refractivity contribution in [2.45, 2.75) is 0 Å². The van der Waals surface area contributed by atoms with Crippen molar-refractivity contribution in [3.63, 3.8) is 0 Å². The summed E-state index contributed by atoms with van der Waals surface area (Å²) in [5.74, 6) is -3.00. The van der Waals surface area contributed by atoms with Gasteiger partial charge >= 0.3 is 0 Å². The number of primary amides is 1. The Hall–Kier alpha value is -2.56. The molecule has 0 aromatic heterocycles. The van der Waals surface area contributed by atoms with Crippen LogP contribution in [0.2, 0.25) is 0 Å². The van der Waals surface area contributed by atoms with E-state index >= 15 is 0 Å². The van der Waals surface area contributed by atoms with Crippen LogP contribution in [-0.2, 0) is 0 Å². The number of nitrogens with two attached hydrogens (primary N) is 1.